The molecule has 0 bridgehead atoms. The molecule has 0 fully saturated rings. The molecule has 2 aromatic heterocycles. The Morgan fingerprint density at radius 1 is 0.442 bits per heavy atom. The summed E-state index contributed by atoms with van der Waals surface area (Å²) in [6, 6.07) is 47.2. The maximum Gasteiger partial charge on any atom is 0.137 e. The summed E-state index contributed by atoms with van der Waals surface area (Å²) < 4.78 is 13.1. The van der Waals surface area contributed by atoms with Gasteiger partial charge in [-0.05, 0) is 99.2 Å². The van der Waals surface area contributed by atoms with Crippen LogP contribution in [0.15, 0.2) is 190 Å². The Morgan fingerprint density at radius 2 is 0.942 bits per heavy atom. The number of hydrogen-bond donors (Lipinski definition) is 0. The van der Waals surface area contributed by atoms with Crippen LogP contribution < -0.4 is 4.90 Å². The quantitative estimate of drug-likeness (QED) is 0.188. The van der Waals surface area contributed by atoms with E-state index in [1.54, 1.807) is 0 Å². The third kappa shape index (κ3) is 3.54. The summed E-state index contributed by atoms with van der Waals surface area (Å²) in [5, 5.41) is 4.33. The molecule has 1 unspecified atom stereocenters. The van der Waals surface area contributed by atoms with Crippen molar-refractivity contribution >= 4 is 78.5 Å². The van der Waals surface area contributed by atoms with Crippen LogP contribution in [0.5, 0.6) is 0 Å². The maximum atomic E-state index is 6.55. The van der Waals surface area contributed by atoms with Crippen LogP contribution in [0.3, 0.4) is 0 Å². The average Bonchev–Trinajstić information content (AvgIpc) is 3.97. The second kappa shape index (κ2) is 10.1. The van der Waals surface area contributed by atoms with Gasteiger partial charge in [0.1, 0.15) is 22.3 Å². The summed E-state index contributed by atoms with van der Waals surface area (Å²) >= 11 is 0. The first-order chi connectivity index (χ1) is 25.8. The number of nitrogens with zero attached hydrogens (tertiary/aromatic N) is 1. The molecule has 2 heterocycles. The highest BCUT2D eigenvalue weighted by Crippen LogP contribution is 2.64. The Balaban J connectivity index is 1.23. The van der Waals surface area contributed by atoms with Gasteiger partial charge < -0.3 is 13.7 Å². The lowest BCUT2D eigenvalue weighted by atomic mass is 9.63. The third-order valence-electron chi connectivity index (χ3n) is 11.4. The predicted octanol–water partition coefficient (Wildman–Crippen LogP) is 13.0. The van der Waals surface area contributed by atoms with Crippen LogP contribution in [0.25, 0.3) is 67.2 Å². The predicted molar refractivity (Wildman–Crippen MR) is 214 cm³/mol. The number of fused-ring (bicyclic) bond motifs is 14. The highest BCUT2D eigenvalue weighted by molar-refractivity contribution is 6.18. The SMILES string of the molecule is C1=CC2(C3=Cc4ccccc4C3=C1)C1=Cc3ccccc3C1=CC=C2N(c1cccc2oc3ccccc3c12)c1cccc2oc3ccccc3c12. The Hall–Kier alpha value is -6.84. The minimum atomic E-state index is -0.629. The Kier molecular flexibility index (Phi) is 5.43. The number of rotatable bonds is 3. The van der Waals surface area contributed by atoms with Crippen molar-refractivity contribution in [3.8, 4) is 0 Å². The lowest BCUT2D eigenvalue weighted by Gasteiger charge is -2.46. The van der Waals surface area contributed by atoms with E-state index in [2.05, 4.69) is 169 Å². The van der Waals surface area contributed by atoms with Gasteiger partial charge in [0.25, 0.3) is 0 Å². The summed E-state index contributed by atoms with van der Waals surface area (Å²) in [6.07, 6.45) is 16.5. The largest absolute Gasteiger partial charge is 0.456 e. The van der Waals surface area contributed by atoms with Crippen LogP contribution in [0, 0.1) is 5.41 Å². The van der Waals surface area contributed by atoms with Crippen molar-refractivity contribution in [3.05, 3.63) is 203 Å². The molecule has 0 saturated heterocycles. The lowest BCUT2D eigenvalue weighted by Crippen LogP contribution is -2.37. The summed E-state index contributed by atoms with van der Waals surface area (Å²) in [5.74, 6) is 0. The first-order valence-corrected chi connectivity index (χ1v) is 17.8. The van der Waals surface area contributed by atoms with Crippen LogP contribution in [-0.2, 0) is 0 Å². The molecule has 1 atom stereocenters. The van der Waals surface area contributed by atoms with Gasteiger partial charge in [-0.3, -0.25) is 0 Å². The van der Waals surface area contributed by atoms with Gasteiger partial charge in [-0.25, -0.2) is 0 Å². The van der Waals surface area contributed by atoms with Crippen LogP contribution in [0.4, 0.5) is 11.4 Å². The van der Waals surface area contributed by atoms with Crippen molar-refractivity contribution in [1.29, 1.82) is 0 Å². The fourth-order valence-corrected chi connectivity index (χ4v) is 9.30. The zero-order valence-corrected chi connectivity index (χ0v) is 28.0. The second-order valence-corrected chi connectivity index (χ2v) is 14.0. The zero-order chi connectivity index (χ0) is 34.0. The van der Waals surface area contributed by atoms with Crippen molar-refractivity contribution in [2.24, 2.45) is 5.41 Å². The summed E-state index contributed by atoms with van der Waals surface area (Å²) in [4.78, 5) is 2.50. The van der Waals surface area contributed by atoms with Gasteiger partial charge in [-0.2, -0.15) is 0 Å². The van der Waals surface area contributed by atoms with Crippen molar-refractivity contribution in [3.63, 3.8) is 0 Å². The van der Waals surface area contributed by atoms with Gasteiger partial charge in [-0.15, -0.1) is 0 Å². The molecule has 52 heavy (non-hydrogen) atoms. The molecule has 1 spiro atoms. The smallest absolute Gasteiger partial charge is 0.137 e. The highest BCUT2D eigenvalue weighted by atomic mass is 16.3. The molecule has 4 aliphatic carbocycles. The zero-order valence-electron chi connectivity index (χ0n) is 28.0. The van der Waals surface area contributed by atoms with E-state index in [-0.39, 0.29) is 0 Å². The minimum absolute atomic E-state index is 0.629. The van der Waals surface area contributed by atoms with Gasteiger partial charge >= 0.3 is 0 Å². The molecule has 0 aliphatic heterocycles. The summed E-state index contributed by atoms with van der Waals surface area (Å²) in [7, 11) is 0. The van der Waals surface area contributed by atoms with Crippen LogP contribution in [-0.4, -0.2) is 0 Å². The highest BCUT2D eigenvalue weighted by Gasteiger charge is 2.50. The number of hydrogen-bond acceptors (Lipinski definition) is 3. The van der Waals surface area contributed by atoms with Crippen LogP contribution in [0.2, 0.25) is 0 Å². The van der Waals surface area contributed by atoms with E-state index < -0.39 is 5.41 Å². The normalized spacial score (nSPS) is 18.2. The number of para-hydroxylation sites is 2. The molecule has 3 nitrogen and oxygen atoms in total. The fraction of sp³-hybridized carbons (Fsp3) is 0.0204. The number of anilines is 2. The first-order valence-electron chi connectivity index (χ1n) is 17.8. The molecule has 0 N–H and O–H groups in total. The molecular formula is C49H29NO2. The van der Waals surface area contributed by atoms with Gasteiger partial charge in [0.2, 0.25) is 0 Å². The van der Waals surface area contributed by atoms with Gasteiger partial charge in [-0.1, -0.05) is 121 Å². The monoisotopic (exact) mass is 663 g/mol. The van der Waals surface area contributed by atoms with E-state index in [1.807, 2.05) is 12.1 Å². The molecule has 6 aromatic carbocycles. The lowest BCUT2D eigenvalue weighted by molar-refractivity contribution is 0.667. The summed E-state index contributed by atoms with van der Waals surface area (Å²) in [6.45, 7) is 0. The molecule has 242 valence electrons. The van der Waals surface area contributed by atoms with Crippen molar-refractivity contribution in [1.82, 2.24) is 0 Å². The summed E-state index contributed by atoms with van der Waals surface area (Å²) in [5.41, 5.74) is 16.2. The Morgan fingerprint density at radius 3 is 1.54 bits per heavy atom. The van der Waals surface area contributed by atoms with Crippen molar-refractivity contribution in [2.45, 2.75) is 0 Å². The first kappa shape index (κ1) is 27.9. The van der Waals surface area contributed by atoms with Crippen molar-refractivity contribution in [2.75, 3.05) is 4.90 Å². The average molecular weight is 664 g/mol. The second-order valence-electron chi connectivity index (χ2n) is 14.0. The Bertz CT molecular complexity index is 2940. The standard InChI is InChI=1S/C49H29NO2/c1-3-14-32-30(12-1)28-38-34(32)18-11-27-49(38)39-29-31-13-2-4-15-33(31)35(39)25-26-46(49)50(40-19-9-23-44-47(40)36-16-5-7-21-42(36)51-44)41-20-10-24-45-48(41)37-17-6-8-22-43(37)52-45/h1-29H. The molecular weight excluding hydrogens is 635 g/mol. The number of benzene rings is 6. The van der Waals surface area contributed by atoms with E-state index in [0.29, 0.717) is 0 Å². The minimum Gasteiger partial charge on any atom is -0.456 e. The molecule has 8 aromatic rings. The number of allylic oxidation sites excluding steroid dienone is 7. The maximum absolute atomic E-state index is 6.55. The molecule has 0 radical (unpaired) electrons. The molecule has 3 heteroatoms. The number of furan rings is 2. The van der Waals surface area contributed by atoms with Crippen LogP contribution >= 0.6 is 0 Å². The Labute approximate surface area is 299 Å². The molecule has 0 amide bonds. The van der Waals surface area contributed by atoms with Gasteiger partial charge in [0.05, 0.1) is 27.6 Å². The van der Waals surface area contributed by atoms with Crippen molar-refractivity contribution < 1.29 is 8.83 Å². The van der Waals surface area contributed by atoms with Gasteiger partial charge in [0, 0.05) is 16.5 Å². The van der Waals surface area contributed by atoms with E-state index in [0.717, 1.165) is 60.9 Å². The van der Waals surface area contributed by atoms with Gasteiger partial charge in [0.15, 0.2) is 0 Å². The molecule has 0 saturated carbocycles. The van der Waals surface area contributed by atoms with Crippen LogP contribution in [0.1, 0.15) is 22.3 Å². The third-order valence-corrected chi connectivity index (χ3v) is 11.4. The van der Waals surface area contributed by atoms with E-state index in [4.69, 9.17) is 8.83 Å². The van der Waals surface area contributed by atoms with E-state index in [1.165, 1.54) is 44.5 Å². The van der Waals surface area contributed by atoms with E-state index in [9.17, 15) is 0 Å². The topological polar surface area (TPSA) is 29.5 Å². The molecule has 4 aliphatic rings. The molecule has 12 rings (SSSR count). The fourth-order valence-electron chi connectivity index (χ4n) is 9.30. The van der Waals surface area contributed by atoms with E-state index >= 15 is 0 Å².